The Morgan fingerprint density at radius 3 is 1.27 bits per heavy atom. The van der Waals surface area contributed by atoms with Crippen LogP contribution in [-0.4, -0.2) is 24.1 Å². The summed E-state index contributed by atoms with van der Waals surface area (Å²) in [5.74, 6) is 1.72. The maximum Gasteiger partial charge on any atom is 0.240 e. The van der Waals surface area contributed by atoms with Gasteiger partial charge >= 0.3 is 0 Å². The van der Waals surface area contributed by atoms with Crippen molar-refractivity contribution in [3.05, 3.63) is 247 Å². The Hall–Kier alpha value is -8.41. The molecule has 3 heterocycles. The van der Waals surface area contributed by atoms with Gasteiger partial charge < -0.3 is 0 Å². The molecule has 5 nitrogen and oxygen atoms in total. The summed E-state index contributed by atoms with van der Waals surface area (Å²) in [6.45, 7) is 0. The standard InChI is InChI=1S/C58H37N5/c1-3-20-41(21-4-1)58(42-22-5-2-6-23-42)49-29-12-7-24-43(49)44-35-34-39(37-50(44)58)38-18-17-19-40(36-38)55-59-56(62-51-30-13-8-25-45(51)46-26-9-14-31-52(46)62)61-57(60-55)63-53-32-15-10-27-47(53)48-28-11-16-33-54(48)63/h1-37H. The van der Waals surface area contributed by atoms with Gasteiger partial charge in [0, 0.05) is 27.1 Å². The topological polar surface area (TPSA) is 48.5 Å². The Labute approximate surface area is 363 Å². The molecule has 12 aromatic rings. The highest BCUT2D eigenvalue weighted by molar-refractivity contribution is 6.10. The summed E-state index contributed by atoms with van der Waals surface area (Å²) in [6, 6.07) is 80.5. The highest BCUT2D eigenvalue weighted by Gasteiger charge is 2.46. The van der Waals surface area contributed by atoms with Gasteiger partial charge in [0.2, 0.25) is 11.9 Å². The maximum absolute atomic E-state index is 5.37. The molecule has 0 saturated carbocycles. The molecular weight excluding hydrogens is 767 g/mol. The zero-order valence-corrected chi connectivity index (χ0v) is 34.1. The van der Waals surface area contributed by atoms with Crippen molar-refractivity contribution in [2.24, 2.45) is 0 Å². The fourth-order valence-corrected chi connectivity index (χ4v) is 10.4. The van der Waals surface area contributed by atoms with Crippen molar-refractivity contribution >= 4 is 43.6 Å². The van der Waals surface area contributed by atoms with Crippen LogP contribution in [0.5, 0.6) is 0 Å². The van der Waals surface area contributed by atoms with Gasteiger partial charge in [-0.25, -0.2) is 0 Å². The van der Waals surface area contributed by atoms with Gasteiger partial charge in [0.05, 0.1) is 27.5 Å². The highest BCUT2D eigenvalue weighted by Crippen LogP contribution is 2.56. The quantitative estimate of drug-likeness (QED) is 0.168. The van der Waals surface area contributed by atoms with Crippen LogP contribution in [0.1, 0.15) is 22.3 Å². The van der Waals surface area contributed by atoms with E-state index in [4.69, 9.17) is 15.0 Å². The smallest absolute Gasteiger partial charge is 0.240 e. The lowest BCUT2D eigenvalue weighted by atomic mass is 9.67. The molecule has 0 radical (unpaired) electrons. The third kappa shape index (κ3) is 5.20. The lowest BCUT2D eigenvalue weighted by Gasteiger charge is -2.34. The number of rotatable bonds is 6. The van der Waals surface area contributed by atoms with Crippen molar-refractivity contribution in [2.75, 3.05) is 0 Å². The summed E-state index contributed by atoms with van der Waals surface area (Å²) in [5.41, 5.74) is 14.3. The van der Waals surface area contributed by atoms with E-state index in [0.29, 0.717) is 17.7 Å². The molecule has 0 aliphatic heterocycles. The fraction of sp³-hybridized carbons (Fsp3) is 0.0172. The molecule has 294 valence electrons. The number of nitrogens with zero attached hydrogens (tertiary/aromatic N) is 5. The molecule has 0 N–H and O–H groups in total. The van der Waals surface area contributed by atoms with Crippen LogP contribution in [-0.2, 0) is 5.41 Å². The fourth-order valence-electron chi connectivity index (χ4n) is 10.4. The van der Waals surface area contributed by atoms with Crippen LogP contribution in [0.2, 0.25) is 0 Å². The molecule has 1 aliphatic carbocycles. The summed E-state index contributed by atoms with van der Waals surface area (Å²) in [4.78, 5) is 16.1. The van der Waals surface area contributed by atoms with Crippen LogP contribution in [0.3, 0.4) is 0 Å². The highest BCUT2D eigenvalue weighted by atomic mass is 15.3. The number of fused-ring (bicyclic) bond motifs is 9. The molecule has 63 heavy (non-hydrogen) atoms. The zero-order chi connectivity index (χ0) is 41.5. The Morgan fingerprint density at radius 1 is 0.302 bits per heavy atom. The number of aromatic nitrogens is 5. The van der Waals surface area contributed by atoms with Gasteiger partial charge in [0.25, 0.3) is 0 Å². The summed E-state index contributed by atoms with van der Waals surface area (Å²) >= 11 is 0. The van der Waals surface area contributed by atoms with Gasteiger partial charge in [-0.05, 0) is 80.9 Å². The summed E-state index contributed by atoms with van der Waals surface area (Å²) < 4.78 is 4.37. The Balaban J connectivity index is 1.04. The van der Waals surface area contributed by atoms with Crippen molar-refractivity contribution in [3.63, 3.8) is 0 Å². The lowest BCUT2D eigenvalue weighted by Crippen LogP contribution is -2.28. The van der Waals surface area contributed by atoms with E-state index in [1.54, 1.807) is 0 Å². The van der Waals surface area contributed by atoms with Gasteiger partial charge in [-0.3, -0.25) is 9.13 Å². The van der Waals surface area contributed by atoms with Crippen molar-refractivity contribution in [1.29, 1.82) is 0 Å². The first-order valence-corrected chi connectivity index (χ1v) is 21.5. The predicted octanol–water partition coefficient (Wildman–Crippen LogP) is 13.8. The van der Waals surface area contributed by atoms with E-state index in [2.05, 4.69) is 234 Å². The van der Waals surface area contributed by atoms with Crippen molar-refractivity contribution in [3.8, 4) is 45.5 Å². The lowest BCUT2D eigenvalue weighted by molar-refractivity contribution is 0.769. The first-order valence-electron chi connectivity index (χ1n) is 21.5. The van der Waals surface area contributed by atoms with Gasteiger partial charge in [0.15, 0.2) is 5.82 Å². The molecule has 0 atom stereocenters. The molecule has 3 aromatic heterocycles. The van der Waals surface area contributed by atoms with Crippen molar-refractivity contribution < 1.29 is 0 Å². The third-order valence-corrected chi connectivity index (χ3v) is 13.1. The van der Waals surface area contributed by atoms with Crippen LogP contribution in [0.15, 0.2) is 224 Å². The summed E-state index contributed by atoms with van der Waals surface area (Å²) in [7, 11) is 0. The third-order valence-electron chi connectivity index (χ3n) is 13.1. The number of hydrogen-bond acceptors (Lipinski definition) is 3. The minimum Gasteiger partial charge on any atom is -0.278 e. The second-order valence-electron chi connectivity index (χ2n) is 16.4. The van der Waals surface area contributed by atoms with E-state index >= 15 is 0 Å². The molecule has 9 aromatic carbocycles. The van der Waals surface area contributed by atoms with E-state index in [0.717, 1.165) is 60.3 Å². The monoisotopic (exact) mass is 803 g/mol. The second kappa shape index (κ2) is 13.8. The zero-order valence-electron chi connectivity index (χ0n) is 34.1. The molecular formula is C58H37N5. The molecule has 0 amide bonds. The number of hydrogen-bond donors (Lipinski definition) is 0. The number of para-hydroxylation sites is 4. The molecule has 0 saturated heterocycles. The van der Waals surface area contributed by atoms with E-state index in [1.807, 2.05) is 0 Å². The Morgan fingerprint density at radius 2 is 0.730 bits per heavy atom. The molecule has 0 spiro atoms. The van der Waals surface area contributed by atoms with Crippen molar-refractivity contribution in [2.45, 2.75) is 5.41 Å². The van der Waals surface area contributed by atoms with E-state index in [1.165, 1.54) is 33.4 Å². The molecule has 0 fully saturated rings. The SMILES string of the molecule is c1ccc(C2(c3ccccc3)c3ccccc3-c3ccc(-c4cccc(-c5nc(-n6c7ccccc7c7ccccc76)nc(-n6c7ccccc7c7ccccc76)n5)c4)cc32)cc1. The Kier molecular flexibility index (Phi) is 7.75. The second-order valence-corrected chi connectivity index (χ2v) is 16.4. The van der Waals surface area contributed by atoms with Gasteiger partial charge in [0.1, 0.15) is 0 Å². The van der Waals surface area contributed by atoms with Crippen LogP contribution >= 0.6 is 0 Å². The summed E-state index contributed by atoms with van der Waals surface area (Å²) in [5, 5.41) is 4.60. The molecule has 1 aliphatic rings. The van der Waals surface area contributed by atoms with E-state index in [-0.39, 0.29) is 0 Å². The van der Waals surface area contributed by atoms with Crippen LogP contribution < -0.4 is 0 Å². The van der Waals surface area contributed by atoms with Gasteiger partial charge in [-0.2, -0.15) is 15.0 Å². The molecule has 5 heteroatoms. The average molecular weight is 804 g/mol. The van der Waals surface area contributed by atoms with Crippen molar-refractivity contribution in [1.82, 2.24) is 24.1 Å². The minimum absolute atomic E-state index is 0.495. The number of benzene rings is 9. The van der Waals surface area contributed by atoms with Gasteiger partial charge in [-0.1, -0.05) is 188 Å². The van der Waals surface area contributed by atoms with Gasteiger partial charge in [-0.15, -0.1) is 0 Å². The summed E-state index contributed by atoms with van der Waals surface area (Å²) in [6.07, 6.45) is 0. The van der Waals surface area contributed by atoms with Crippen LogP contribution in [0, 0.1) is 0 Å². The minimum atomic E-state index is -0.495. The predicted molar refractivity (Wildman–Crippen MR) is 257 cm³/mol. The largest absolute Gasteiger partial charge is 0.278 e. The van der Waals surface area contributed by atoms with Crippen LogP contribution in [0.25, 0.3) is 89.2 Å². The van der Waals surface area contributed by atoms with E-state index in [9.17, 15) is 0 Å². The Bertz CT molecular complexity index is 3470. The first kappa shape index (κ1) is 35.4. The molecule has 13 rings (SSSR count). The maximum atomic E-state index is 5.37. The van der Waals surface area contributed by atoms with E-state index < -0.39 is 5.41 Å². The van der Waals surface area contributed by atoms with Crippen LogP contribution in [0.4, 0.5) is 0 Å². The first-order chi connectivity index (χ1) is 31.3. The average Bonchev–Trinajstić information content (AvgIpc) is 3.99. The molecule has 0 unspecified atom stereocenters. The normalized spacial score (nSPS) is 12.9. The molecule has 0 bridgehead atoms.